The first kappa shape index (κ1) is 21.8. The lowest BCUT2D eigenvalue weighted by Crippen LogP contribution is -2.52. The highest BCUT2D eigenvalue weighted by Crippen LogP contribution is 2.35. The summed E-state index contributed by atoms with van der Waals surface area (Å²) in [4.78, 5) is 14.1. The fraction of sp³-hybridized carbons (Fsp3) is 0.429. The summed E-state index contributed by atoms with van der Waals surface area (Å²) in [5, 5.41) is 4.61. The Balaban J connectivity index is 1.62. The highest BCUT2D eigenvalue weighted by Gasteiger charge is 2.38. The molecule has 31 heavy (non-hydrogen) atoms. The number of anilines is 2. The minimum Gasteiger partial charge on any atom is -0.369 e. The van der Waals surface area contributed by atoms with Crippen molar-refractivity contribution in [2.24, 2.45) is 5.92 Å². The molecular weight excluding hydrogens is 432 g/mol. The molecule has 0 aliphatic carbocycles. The van der Waals surface area contributed by atoms with Crippen molar-refractivity contribution in [3.8, 4) is 0 Å². The minimum atomic E-state index is -3.64. The second-order valence-electron chi connectivity index (χ2n) is 8.17. The monoisotopic (exact) mass is 460 g/mol. The molecule has 8 nitrogen and oxygen atoms in total. The summed E-state index contributed by atoms with van der Waals surface area (Å²) in [5.74, 6) is 0.349. The molecule has 0 aromatic carbocycles. The number of aromatic amines is 1. The van der Waals surface area contributed by atoms with Gasteiger partial charge in [-0.1, -0.05) is 24.8 Å². The molecule has 1 saturated heterocycles. The van der Waals surface area contributed by atoms with E-state index in [1.807, 2.05) is 32.3 Å². The number of allylic oxidation sites excluding steroid dienone is 1. The Morgan fingerprint density at radius 3 is 2.94 bits per heavy atom. The number of fused-ring (bicyclic) bond motifs is 1. The van der Waals surface area contributed by atoms with E-state index in [1.54, 1.807) is 17.4 Å². The van der Waals surface area contributed by atoms with E-state index in [0.29, 0.717) is 34.0 Å². The van der Waals surface area contributed by atoms with Crippen LogP contribution in [0.3, 0.4) is 0 Å². The molecule has 0 saturated carbocycles. The molecule has 0 radical (unpaired) electrons. The second-order valence-corrected chi connectivity index (χ2v) is 11.3. The maximum atomic E-state index is 13.5. The quantitative estimate of drug-likeness (QED) is 0.581. The summed E-state index contributed by atoms with van der Waals surface area (Å²) < 4.78 is 28.9. The van der Waals surface area contributed by atoms with Crippen LogP contribution >= 0.6 is 11.3 Å². The molecule has 2 N–H and O–H groups in total. The van der Waals surface area contributed by atoms with Gasteiger partial charge in [-0.2, -0.15) is 4.31 Å². The Morgan fingerprint density at radius 1 is 1.42 bits per heavy atom. The molecule has 0 bridgehead atoms. The van der Waals surface area contributed by atoms with Gasteiger partial charge < -0.3 is 15.2 Å². The van der Waals surface area contributed by atoms with Gasteiger partial charge in [-0.3, -0.25) is 0 Å². The summed E-state index contributed by atoms with van der Waals surface area (Å²) in [6, 6.07) is 4.04. The van der Waals surface area contributed by atoms with Crippen molar-refractivity contribution in [1.29, 1.82) is 0 Å². The summed E-state index contributed by atoms with van der Waals surface area (Å²) >= 11 is 1.16. The van der Waals surface area contributed by atoms with Crippen LogP contribution in [-0.4, -0.2) is 53.9 Å². The number of piperidine rings is 1. The largest absolute Gasteiger partial charge is 0.369 e. The van der Waals surface area contributed by atoms with Gasteiger partial charge in [0.25, 0.3) is 10.0 Å². The Hall–Kier alpha value is -2.43. The van der Waals surface area contributed by atoms with Gasteiger partial charge in [-0.05, 0) is 38.3 Å². The standard InChI is InChI=1S/C21H28N6O2S2/c1-13(2)24-21-25-15(4)20(30-21)31(28,29)27-11-8-14(3)18(12-27)26(5)17-7-10-23-19-16(17)6-9-22-19/h6-7,9-10,14,18H,1,8,11-12H2,2-5H3,(H,22,23)(H,24,25)/t14-,18?/m1/s1. The van der Waals surface area contributed by atoms with Crippen LogP contribution < -0.4 is 10.2 Å². The fourth-order valence-electron chi connectivity index (χ4n) is 4.15. The number of likely N-dealkylation sites (N-methyl/N-ethyl adjacent to an activating group) is 1. The van der Waals surface area contributed by atoms with Crippen molar-refractivity contribution in [3.05, 3.63) is 42.5 Å². The number of hydrogen-bond acceptors (Lipinski definition) is 7. The van der Waals surface area contributed by atoms with Crippen molar-refractivity contribution in [2.75, 3.05) is 30.4 Å². The Bertz CT molecular complexity index is 1220. The van der Waals surface area contributed by atoms with Crippen LogP contribution in [-0.2, 0) is 10.0 Å². The lowest BCUT2D eigenvalue weighted by molar-refractivity contribution is 0.248. The number of nitrogens with zero attached hydrogens (tertiary/aromatic N) is 4. The summed E-state index contributed by atoms with van der Waals surface area (Å²) in [5.41, 5.74) is 3.11. The van der Waals surface area contributed by atoms with Crippen LogP contribution in [0.25, 0.3) is 11.0 Å². The molecule has 3 aromatic rings. The predicted molar refractivity (Wildman–Crippen MR) is 126 cm³/mol. The van der Waals surface area contributed by atoms with E-state index in [0.717, 1.165) is 40.2 Å². The molecule has 10 heteroatoms. The molecule has 1 aliphatic rings. The zero-order chi connectivity index (χ0) is 22.3. The Labute approximate surface area is 187 Å². The molecule has 1 aliphatic heterocycles. The lowest BCUT2D eigenvalue weighted by atomic mass is 9.93. The van der Waals surface area contributed by atoms with E-state index < -0.39 is 10.0 Å². The normalized spacial score (nSPS) is 20.1. The average Bonchev–Trinajstić information content (AvgIpc) is 3.33. The minimum absolute atomic E-state index is 0.0465. The van der Waals surface area contributed by atoms with Gasteiger partial charge in [0.15, 0.2) is 9.34 Å². The van der Waals surface area contributed by atoms with Crippen molar-refractivity contribution in [2.45, 2.75) is 37.4 Å². The number of rotatable bonds is 6. The van der Waals surface area contributed by atoms with E-state index in [1.165, 1.54) is 0 Å². The van der Waals surface area contributed by atoms with Crippen molar-refractivity contribution in [3.63, 3.8) is 0 Å². The number of sulfonamides is 1. The molecule has 0 spiro atoms. The van der Waals surface area contributed by atoms with Gasteiger partial charge in [0.1, 0.15) is 5.65 Å². The van der Waals surface area contributed by atoms with E-state index in [-0.39, 0.29) is 6.04 Å². The zero-order valence-corrected chi connectivity index (χ0v) is 19.8. The number of nitrogens with one attached hydrogen (secondary N) is 2. The number of aryl methyl sites for hydroxylation is 1. The van der Waals surface area contributed by atoms with Crippen molar-refractivity contribution in [1.82, 2.24) is 19.3 Å². The van der Waals surface area contributed by atoms with E-state index in [9.17, 15) is 8.42 Å². The van der Waals surface area contributed by atoms with Crippen LogP contribution in [0.4, 0.5) is 10.8 Å². The van der Waals surface area contributed by atoms with Gasteiger partial charge in [0, 0.05) is 55.3 Å². The predicted octanol–water partition coefficient (Wildman–Crippen LogP) is 3.81. The number of aromatic nitrogens is 3. The highest BCUT2D eigenvalue weighted by molar-refractivity contribution is 7.91. The van der Waals surface area contributed by atoms with Crippen molar-refractivity contribution >= 4 is 43.2 Å². The highest BCUT2D eigenvalue weighted by atomic mass is 32.2. The van der Waals surface area contributed by atoms with Gasteiger partial charge in [-0.15, -0.1) is 0 Å². The van der Waals surface area contributed by atoms with Gasteiger partial charge in [-0.25, -0.2) is 18.4 Å². The first-order valence-corrected chi connectivity index (χ1v) is 12.5. The maximum Gasteiger partial charge on any atom is 0.254 e. The van der Waals surface area contributed by atoms with E-state index in [4.69, 9.17) is 0 Å². The zero-order valence-electron chi connectivity index (χ0n) is 18.2. The number of hydrogen-bond donors (Lipinski definition) is 2. The van der Waals surface area contributed by atoms with Gasteiger partial charge in [0.2, 0.25) is 0 Å². The third-order valence-corrected chi connectivity index (χ3v) is 9.37. The molecule has 2 atom stereocenters. The number of pyridine rings is 1. The maximum absolute atomic E-state index is 13.5. The van der Waals surface area contributed by atoms with Crippen LogP contribution in [0.1, 0.15) is 26.0 Å². The van der Waals surface area contributed by atoms with Gasteiger partial charge >= 0.3 is 0 Å². The smallest absolute Gasteiger partial charge is 0.254 e. The topological polar surface area (TPSA) is 94.2 Å². The van der Waals surface area contributed by atoms with Crippen LogP contribution in [0, 0.1) is 12.8 Å². The molecule has 166 valence electrons. The number of thiazole rings is 1. The van der Waals surface area contributed by atoms with E-state index >= 15 is 0 Å². The van der Waals surface area contributed by atoms with Crippen LogP contribution in [0.2, 0.25) is 0 Å². The Morgan fingerprint density at radius 2 is 2.19 bits per heavy atom. The summed E-state index contributed by atoms with van der Waals surface area (Å²) in [6.45, 7) is 10.5. The van der Waals surface area contributed by atoms with Gasteiger partial charge in [0.05, 0.1) is 5.69 Å². The first-order chi connectivity index (χ1) is 14.7. The summed E-state index contributed by atoms with van der Waals surface area (Å²) in [7, 11) is -1.60. The van der Waals surface area contributed by atoms with Crippen molar-refractivity contribution < 1.29 is 8.42 Å². The van der Waals surface area contributed by atoms with Crippen LogP contribution in [0.5, 0.6) is 0 Å². The molecule has 0 amide bonds. The molecule has 4 rings (SSSR count). The van der Waals surface area contributed by atoms with Crippen LogP contribution in [0.15, 0.2) is 41.0 Å². The summed E-state index contributed by atoms with van der Waals surface area (Å²) in [6.07, 6.45) is 4.45. The lowest BCUT2D eigenvalue weighted by Gasteiger charge is -2.42. The third-order valence-electron chi connectivity index (χ3n) is 5.84. The number of H-pyrrole nitrogens is 1. The Kier molecular flexibility index (Phi) is 5.80. The molecule has 1 fully saturated rings. The molecule has 3 aromatic heterocycles. The molecule has 1 unspecified atom stereocenters. The first-order valence-electron chi connectivity index (χ1n) is 10.2. The third kappa shape index (κ3) is 4.07. The average molecular weight is 461 g/mol. The second kappa shape index (κ2) is 8.25. The van der Waals surface area contributed by atoms with E-state index in [2.05, 4.69) is 38.7 Å². The fourth-order valence-corrected chi connectivity index (χ4v) is 7.25. The molecule has 4 heterocycles. The molecular formula is C21H28N6O2S2. The SMILES string of the molecule is C=C(C)Nc1nc(C)c(S(=O)(=O)N2CC[C@@H](C)C(N(C)c3ccnc4[nH]ccc34)C2)s1.